The molecule has 2 unspecified atom stereocenters. The molecule has 150 valence electrons. The number of fused-ring (bicyclic) bond motifs is 5. The summed E-state index contributed by atoms with van der Waals surface area (Å²) >= 11 is 0. The summed E-state index contributed by atoms with van der Waals surface area (Å²) in [5, 5.41) is 0. The van der Waals surface area contributed by atoms with Crippen molar-refractivity contribution in [3.63, 3.8) is 0 Å². The van der Waals surface area contributed by atoms with Gasteiger partial charge in [-0.25, -0.2) is 0 Å². The molecule has 2 atom stereocenters. The van der Waals surface area contributed by atoms with Gasteiger partial charge in [-0.05, 0) is 61.1 Å². The van der Waals surface area contributed by atoms with Crippen LogP contribution in [0.4, 0.5) is 0 Å². The van der Waals surface area contributed by atoms with Crippen LogP contribution in [0.3, 0.4) is 0 Å². The summed E-state index contributed by atoms with van der Waals surface area (Å²) < 4.78 is 0. The van der Waals surface area contributed by atoms with E-state index in [4.69, 9.17) is 4.99 Å². The predicted octanol–water partition coefficient (Wildman–Crippen LogP) is 5.31. The molecule has 2 aromatic rings. The molecule has 1 aromatic carbocycles. The number of nitrogens with zero attached hydrogens (tertiary/aromatic N) is 1. The summed E-state index contributed by atoms with van der Waals surface area (Å²) in [4.78, 5) is 20.2. The number of aliphatic imine (C=N–C) groups is 1. The first-order chi connectivity index (χ1) is 14.6. The predicted molar refractivity (Wildman–Crippen MR) is 124 cm³/mol. The average Bonchev–Trinajstić information content (AvgIpc) is 3.13. The fraction of sp³-hybridized carbons (Fsp3) is 0.259. The summed E-state index contributed by atoms with van der Waals surface area (Å²) in [7, 11) is 0. The normalized spacial score (nSPS) is 26.1. The van der Waals surface area contributed by atoms with Crippen molar-refractivity contribution in [1.29, 1.82) is 0 Å². The van der Waals surface area contributed by atoms with Gasteiger partial charge in [-0.3, -0.25) is 9.79 Å². The van der Waals surface area contributed by atoms with Gasteiger partial charge in [0.05, 0.1) is 0 Å². The number of allylic oxidation sites excluding steroid dienone is 6. The second-order valence-electron chi connectivity index (χ2n) is 8.48. The van der Waals surface area contributed by atoms with Crippen molar-refractivity contribution >= 4 is 11.8 Å². The highest BCUT2D eigenvalue weighted by Gasteiger charge is 2.46. The number of rotatable bonds is 3. The second-order valence-corrected chi connectivity index (χ2v) is 8.48. The first-order valence-electron chi connectivity index (χ1n) is 10.7. The summed E-state index contributed by atoms with van der Waals surface area (Å²) in [5.41, 5.74) is 8.33. The lowest BCUT2D eigenvalue weighted by atomic mass is 9.63. The lowest BCUT2D eigenvalue weighted by Gasteiger charge is -2.45. The Morgan fingerprint density at radius 3 is 2.93 bits per heavy atom. The summed E-state index contributed by atoms with van der Waals surface area (Å²) in [5.74, 6) is 0.292. The SMILES string of the molecule is C/C=C1\C2C=C(C)CC1(/N=C/C=C/C1=CCc3ccccc31)c1ccc(=O)[nH]c1C2. The lowest BCUT2D eigenvalue weighted by Crippen LogP contribution is -2.40. The Bertz CT molecular complexity index is 1220. The number of hydrogen-bond donors (Lipinski definition) is 1. The third kappa shape index (κ3) is 2.97. The zero-order valence-electron chi connectivity index (χ0n) is 17.5. The van der Waals surface area contributed by atoms with Crippen LogP contribution in [0.1, 0.15) is 42.7 Å². The van der Waals surface area contributed by atoms with Crippen molar-refractivity contribution in [2.75, 3.05) is 0 Å². The van der Waals surface area contributed by atoms with Crippen LogP contribution in [-0.2, 0) is 18.4 Å². The van der Waals surface area contributed by atoms with Gasteiger partial charge in [0.15, 0.2) is 0 Å². The maximum absolute atomic E-state index is 11.9. The van der Waals surface area contributed by atoms with E-state index in [1.165, 1.54) is 27.8 Å². The highest BCUT2D eigenvalue weighted by molar-refractivity contribution is 5.85. The Hall–Kier alpha value is -3.20. The molecule has 0 saturated heterocycles. The number of hydrogen-bond acceptors (Lipinski definition) is 2. The fourth-order valence-electron chi connectivity index (χ4n) is 5.44. The number of nitrogens with one attached hydrogen (secondary N) is 1. The Morgan fingerprint density at radius 2 is 2.07 bits per heavy atom. The monoisotopic (exact) mass is 394 g/mol. The number of pyridine rings is 1. The molecule has 5 rings (SSSR count). The smallest absolute Gasteiger partial charge is 0.248 e. The molecule has 0 spiro atoms. The van der Waals surface area contributed by atoms with Crippen LogP contribution in [0.5, 0.6) is 0 Å². The van der Waals surface area contributed by atoms with Crippen LogP contribution in [0.2, 0.25) is 0 Å². The van der Waals surface area contributed by atoms with Crippen LogP contribution in [0.25, 0.3) is 5.57 Å². The Kier molecular flexibility index (Phi) is 4.54. The van der Waals surface area contributed by atoms with Gasteiger partial charge in [0.2, 0.25) is 5.56 Å². The Balaban J connectivity index is 1.53. The minimum atomic E-state index is -0.428. The molecule has 1 aromatic heterocycles. The average molecular weight is 395 g/mol. The molecule has 3 nitrogen and oxygen atoms in total. The van der Waals surface area contributed by atoms with E-state index in [-0.39, 0.29) is 5.56 Å². The van der Waals surface area contributed by atoms with Crippen LogP contribution < -0.4 is 5.56 Å². The van der Waals surface area contributed by atoms with Crippen molar-refractivity contribution < 1.29 is 0 Å². The first-order valence-corrected chi connectivity index (χ1v) is 10.7. The molecule has 0 aliphatic heterocycles. The maximum Gasteiger partial charge on any atom is 0.248 e. The van der Waals surface area contributed by atoms with E-state index in [9.17, 15) is 4.79 Å². The van der Waals surface area contributed by atoms with Gasteiger partial charge >= 0.3 is 0 Å². The van der Waals surface area contributed by atoms with E-state index in [1.54, 1.807) is 6.07 Å². The van der Waals surface area contributed by atoms with Gasteiger partial charge in [-0.2, -0.15) is 0 Å². The third-order valence-corrected chi connectivity index (χ3v) is 6.61. The number of H-pyrrole nitrogens is 1. The van der Waals surface area contributed by atoms with E-state index < -0.39 is 5.54 Å². The van der Waals surface area contributed by atoms with E-state index in [1.807, 2.05) is 12.3 Å². The molecule has 0 radical (unpaired) electrons. The molecular formula is C27H26N2O. The van der Waals surface area contributed by atoms with Crippen LogP contribution >= 0.6 is 0 Å². The minimum absolute atomic E-state index is 0.0395. The molecule has 1 N–H and O–H groups in total. The third-order valence-electron chi connectivity index (χ3n) is 6.61. The summed E-state index contributed by atoms with van der Waals surface area (Å²) in [6, 6.07) is 12.2. The van der Waals surface area contributed by atoms with E-state index in [2.05, 4.69) is 73.5 Å². The van der Waals surface area contributed by atoms with Crippen molar-refractivity contribution in [3.05, 3.63) is 111 Å². The largest absolute Gasteiger partial charge is 0.326 e. The fourth-order valence-corrected chi connectivity index (χ4v) is 5.44. The quantitative estimate of drug-likeness (QED) is 0.557. The molecule has 2 bridgehead atoms. The Labute approximate surface area is 177 Å². The van der Waals surface area contributed by atoms with E-state index in [0.717, 1.165) is 30.5 Å². The molecule has 3 heteroatoms. The molecule has 3 aliphatic rings. The van der Waals surface area contributed by atoms with Gasteiger partial charge < -0.3 is 4.98 Å². The molecule has 0 fully saturated rings. The number of benzene rings is 1. The van der Waals surface area contributed by atoms with E-state index >= 15 is 0 Å². The van der Waals surface area contributed by atoms with Crippen LogP contribution in [0, 0.1) is 5.92 Å². The van der Waals surface area contributed by atoms with Crippen molar-refractivity contribution in [2.45, 2.75) is 38.6 Å². The molecule has 1 heterocycles. The highest BCUT2D eigenvalue weighted by Crippen LogP contribution is 2.51. The van der Waals surface area contributed by atoms with Crippen molar-refractivity contribution in [1.82, 2.24) is 4.98 Å². The standard InChI is InChI=1S/C27H26N2O/c1-3-23-21-15-18(2)17-27(23,24-12-13-26(30)29-25(24)16-21)28-14-6-8-20-11-10-19-7-4-5-9-22(19)20/h3-9,11-15,21H,10,16-17H2,1-2H3,(H,29,30)/b8-6+,23-3+,28-14+. The molecule has 30 heavy (non-hydrogen) atoms. The van der Waals surface area contributed by atoms with Gasteiger partial charge in [0.25, 0.3) is 0 Å². The molecule has 3 aliphatic carbocycles. The second kappa shape index (κ2) is 7.24. The van der Waals surface area contributed by atoms with Crippen molar-refractivity contribution in [3.8, 4) is 0 Å². The maximum atomic E-state index is 11.9. The Morgan fingerprint density at radius 1 is 1.20 bits per heavy atom. The topological polar surface area (TPSA) is 45.2 Å². The van der Waals surface area contributed by atoms with Gasteiger partial charge in [-0.15, -0.1) is 0 Å². The summed E-state index contributed by atoms with van der Waals surface area (Å²) in [6.07, 6.45) is 15.7. The minimum Gasteiger partial charge on any atom is -0.326 e. The van der Waals surface area contributed by atoms with Gasteiger partial charge in [0, 0.05) is 35.9 Å². The molecular weight excluding hydrogens is 368 g/mol. The highest BCUT2D eigenvalue weighted by atomic mass is 16.1. The molecule has 0 saturated carbocycles. The number of aromatic nitrogens is 1. The zero-order chi connectivity index (χ0) is 20.7. The van der Waals surface area contributed by atoms with Crippen molar-refractivity contribution in [2.24, 2.45) is 10.9 Å². The van der Waals surface area contributed by atoms with Gasteiger partial charge in [-0.1, -0.05) is 54.1 Å². The van der Waals surface area contributed by atoms with Gasteiger partial charge in [0.1, 0.15) is 5.54 Å². The first kappa shape index (κ1) is 18.8. The van der Waals surface area contributed by atoms with E-state index in [0.29, 0.717) is 5.92 Å². The number of aromatic amines is 1. The molecule has 0 amide bonds. The van der Waals surface area contributed by atoms with Crippen LogP contribution in [-0.4, -0.2) is 11.2 Å². The lowest BCUT2D eigenvalue weighted by molar-refractivity contribution is 0.413. The zero-order valence-corrected chi connectivity index (χ0v) is 17.5. The van der Waals surface area contributed by atoms with Crippen LogP contribution in [0.15, 0.2) is 87.7 Å². The summed E-state index contributed by atoms with van der Waals surface area (Å²) in [6.45, 7) is 4.30.